The molecule has 6 heteroatoms. The van der Waals surface area contributed by atoms with Crippen LogP contribution < -0.4 is 15.2 Å². The fourth-order valence-electron chi connectivity index (χ4n) is 2.18. The number of hydrogen-bond acceptors (Lipinski definition) is 5. The number of rotatable bonds is 4. The molecule has 0 saturated heterocycles. The van der Waals surface area contributed by atoms with E-state index in [0.717, 1.165) is 5.56 Å². The van der Waals surface area contributed by atoms with Gasteiger partial charge in [0, 0.05) is 24.6 Å². The predicted octanol–water partition coefficient (Wildman–Crippen LogP) is 2.42. The molecule has 20 heavy (non-hydrogen) atoms. The summed E-state index contributed by atoms with van der Waals surface area (Å²) < 4.78 is 11.7. The van der Waals surface area contributed by atoms with Crippen LogP contribution in [0.4, 0.5) is 5.69 Å². The van der Waals surface area contributed by atoms with Crippen molar-refractivity contribution in [1.82, 2.24) is 0 Å². The highest BCUT2D eigenvalue weighted by Gasteiger charge is 2.35. The van der Waals surface area contributed by atoms with E-state index in [-0.39, 0.29) is 11.3 Å². The van der Waals surface area contributed by atoms with Crippen LogP contribution in [0.1, 0.15) is 33.3 Å². The molecule has 1 heterocycles. The van der Waals surface area contributed by atoms with Crippen LogP contribution in [0, 0.1) is 10.1 Å². The van der Waals surface area contributed by atoms with Crippen molar-refractivity contribution < 1.29 is 14.4 Å². The Morgan fingerprint density at radius 3 is 2.70 bits per heavy atom. The molecular weight excluding hydrogens is 260 g/mol. The number of nitrogens with two attached hydrogens (primary N) is 1. The summed E-state index contributed by atoms with van der Waals surface area (Å²) in [4.78, 5) is 10.6. The van der Waals surface area contributed by atoms with Crippen molar-refractivity contribution >= 4 is 5.69 Å². The molecule has 0 unspecified atom stereocenters. The minimum atomic E-state index is -0.612. The van der Waals surface area contributed by atoms with E-state index < -0.39 is 10.5 Å². The molecule has 0 amide bonds. The van der Waals surface area contributed by atoms with Crippen molar-refractivity contribution in [3.63, 3.8) is 0 Å². The Morgan fingerprint density at radius 2 is 2.15 bits per heavy atom. The van der Waals surface area contributed by atoms with E-state index in [4.69, 9.17) is 15.2 Å². The zero-order chi connectivity index (χ0) is 15.1. The third-order valence-corrected chi connectivity index (χ3v) is 3.20. The van der Waals surface area contributed by atoms with Gasteiger partial charge in [-0.25, -0.2) is 0 Å². The maximum Gasteiger partial charge on any atom is 0.273 e. The van der Waals surface area contributed by atoms with E-state index in [1.807, 2.05) is 27.7 Å². The minimum absolute atomic E-state index is 0.00729. The monoisotopic (exact) mass is 280 g/mol. The Labute approximate surface area is 118 Å². The van der Waals surface area contributed by atoms with Gasteiger partial charge >= 0.3 is 0 Å². The lowest BCUT2D eigenvalue weighted by Gasteiger charge is -2.26. The summed E-state index contributed by atoms with van der Waals surface area (Å²) in [6, 6.07) is 2.95. The highest BCUT2D eigenvalue weighted by Crippen LogP contribution is 2.45. The van der Waals surface area contributed by atoms with E-state index in [1.165, 1.54) is 6.07 Å². The summed E-state index contributed by atoms with van der Waals surface area (Å²) in [5.74, 6) is 0.970. The molecule has 6 nitrogen and oxygen atoms in total. The van der Waals surface area contributed by atoms with Crippen LogP contribution in [-0.2, 0) is 6.42 Å². The molecule has 0 saturated carbocycles. The molecule has 1 aromatic carbocycles. The molecule has 1 aliphatic rings. The fourth-order valence-corrected chi connectivity index (χ4v) is 2.18. The molecule has 0 spiro atoms. The van der Waals surface area contributed by atoms with Crippen molar-refractivity contribution in [2.24, 2.45) is 5.73 Å². The quantitative estimate of drug-likeness (QED) is 0.676. The van der Waals surface area contributed by atoms with Crippen LogP contribution in [0.5, 0.6) is 11.5 Å². The number of benzene rings is 1. The van der Waals surface area contributed by atoms with Crippen LogP contribution in [0.3, 0.4) is 0 Å². The highest BCUT2D eigenvalue weighted by atomic mass is 16.6. The highest BCUT2D eigenvalue weighted by molar-refractivity contribution is 5.57. The maximum atomic E-state index is 11.0. The Bertz CT molecular complexity index is 552. The van der Waals surface area contributed by atoms with E-state index in [0.29, 0.717) is 24.5 Å². The zero-order valence-electron chi connectivity index (χ0n) is 12.2. The number of nitro groups is 1. The summed E-state index contributed by atoms with van der Waals surface area (Å²) in [7, 11) is 0. The van der Waals surface area contributed by atoms with E-state index >= 15 is 0 Å². The van der Waals surface area contributed by atoms with Gasteiger partial charge in [0.2, 0.25) is 0 Å². The van der Waals surface area contributed by atoms with Crippen molar-refractivity contribution in [2.45, 2.75) is 45.3 Å². The minimum Gasteiger partial charge on any atom is -0.483 e. The van der Waals surface area contributed by atoms with Gasteiger partial charge in [0.25, 0.3) is 5.69 Å². The summed E-state index contributed by atoms with van der Waals surface area (Å²) in [6.07, 6.45) is 0.615. The first-order valence-corrected chi connectivity index (χ1v) is 6.53. The summed E-state index contributed by atoms with van der Waals surface area (Å²) in [5.41, 5.74) is 5.46. The van der Waals surface area contributed by atoms with Gasteiger partial charge in [-0.2, -0.15) is 0 Å². The lowest BCUT2D eigenvalue weighted by molar-refractivity contribution is -0.385. The SMILES string of the molecule is CC(C)(CN)Oc1cc([N+](=O)[O-])cc2c1OC(C)(C)C2. The molecule has 1 aromatic rings. The molecule has 0 aromatic heterocycles. The topological polar surface area (TPSA) is 87.6 Å². The first kappa shape index (κ1) is 14.6. The van der Waals surface area contributed by atoms with E-state index in [1.54, 1.807) is 6.07 Å². The molecule has 2 N–H and O–H groups in total. The normalized spacial score (nSPS) is 16.4. The van der Waals surface area contributed by atoms with Gasteiger partial charge in [0.05, 0.1) is 11.0 Å². The zero-order valence-corrected chi connectivity index (χ0v) is 12.2. The molecule has 0 bridgehead atoms. The van der Waals surface area contributed by atoms with Crippen LogP contribution in [0.2, 0.25) is 0 Å². The van der Waals surface area contributed by atoms with Crippen LogP contribution in [0.25, 0.3) is 0 Å². The average molecular weight is 280 g/mol. The number of non-ortho nitro benzene ring substituents is 1. The second-order valence-electron chi connectivity index (χ2n) is 6.29. The van der Waals surface area contributed by atoms with Gasteiger partial charge in [-0.05, 0) is 27.7 Å². The summed E-state index contributed by atoms with van der Waals surface area (Å²) in [6.45, 7) is 7.85. The Balaban J connectivity index is 2.48. The van der Waals surface area contributed by atoms with Crippen LogP contribution in [-0.4, -0.2) is 22.7 Å². The molecule has 0 fully saturated rings. The summed E-state index contributed by atoms with van der Waals surface area (Å²) in [5, 5.41) is 11.0. The van der Waals surface area contributed by atoms with Gasteiger partial charge in [-0.3, -0.25) is 10.1 Å². The lowest BCUT2D eigenvalue weighted by Crippen LogP contribution is -2.37. The van der Waals surface area contributed by atoms with Crippen LogP contribution in [0.15, 0.2) is 12.1 Å². The fraction of sp³-hybridized carbons (Fsp3) is 0.571. The molecule has 0 aliphatic carbocycles. The van der Waals surface area contributed by atoms with Crippen molar-refractivity contribution in [3.8, 4) is 11.5 Å². The second-order valence-corrected chi connectivity index (χ2v) is 6.29. The maximum absolute atomic E-state index is 11.0. The van der Waals surface area contributed by atoms with Gasteiger partial charge in [-0.15, -0.1) is 0 Å². The first-order valence-electron chi connectivity index (χ1n) is 6.53. The molecule has 0 atom stereocenters. The van der Waals surface area contributed by atoms with Crippen LogP contribution >= 0.6 is 0 Å². The van der Waals surface area contributed by atoms with Gasteiger partial charge in [0.15, 0.2) is 11.5 Å². The number of fused-ring (bicyclic) bond motifs is 1. The molecule has 110 valence electrons. The molecule has 1 aliphatic heterocycles. The molecular formula is C14H20N2O4. The third kappa shape index (κ3) is 2.85. The van der Waals surface area contributed by atoms with Crippen molar-refractivity contribution in [1.29, 1.82) is 0 Å². The average Bonchev–Trinajstić information content (AvgIpc) is 2.63. The number of hydrogen-bond donors (Lipinski definition) is 1. The molecule has 2 rings (SSSR count). The Kier molecular flexibility index (Phi) is 3.37. The predicted molar refractivity (Wildman–Crippen MR) is 75.3 cm³/mol. The van der Waals surface area contributed by atoms with E-state index in [2.05, 4.69) is 0 Å². The number of nitrogens with zero attached hydrogens (tertiary/aromatic N) is 1. The Hall–Kier alpha value is -1.82. The van der Waals surface area contributed by atoms with Gasteiger partial charge < -0.3 is 15.2 Å². The Morgan fingerprint density at radius 1 is 1.50 bits per heavy atom. The second kappa shape index (κ2) is 4.63. The largest absolute Gasteiger partial charge is 0.483 e. The standard InChI is InChI=1S/C14H20N2O4/c1-13(2)7-9-5-10(16(17)18)6-11(12(9)20-13)19-14(3,4)8-15/h5-6H,7-8,15H2,1-4H3. The first-order chi connectivity index (χ1) is 9.13. The third-order valence-electron chi connectivity index (χ3n) is 3.20. The van der Waals surface area contributed by atoms with Gasteiger partial charge in [-0.1, -0.05) is 0 Å². The van der Waals surface area contributed by atoms with Gasteiger partial charge in [0.1, 0.15) is 11.2 Å². The van der Waals surface area contributed by atoms with Crippen molar-refractivity contribution in [2.75, 3.05) is 6.54 Å². The van der Waals surface area contributed by atoms with Crippen molar-refractivity contribution in [3.05, 3.63) is 27.8 Å². The number of nitro benzene ring substituents is 1. The smallest absolute Gasteiger partial charge is 0.273 e. The molecule has 0 radical (unpaired) electrons. The lowest BCUT2D eigenvalue weighted by atomic mass is 10.0. The number of ether oxygens (including phenoxy) is 2. The van der Waals surface area contributed by atoms with E-state index in [9.17, 15) is 10.1 Å². The summed E-state index contributed by atoms with van der Waals surface area (Å²) >= 11 is 0.